The van der Waals surface area contributed by atoms with E-state index < -0.39 is 0 Å². The highest BCUT2D eigenvalue weighted by atomic mass is 19.1. The summed E-state index contributed by atoms with van der Waals surface area (Å²) in [6.45, 7) is 4.47. The Hall–Kier alpha value is -2.20. The molecule has 0 saturated heterocycles. The molecule has 1 fully saturated rings. The molecule has 0 spiro atoms. The third kappa shape index (κ3) is 5.13. The molecule has 2 aromatic rings. The quantitative estimate of drug-likeness (QED) is 0.729. The molecule has 0 bridgehead atoms. The maximum atomic E-state index is 13.1. The number of carbonyl (C=O) groups is 1. The minimum Gasteiger partial charge on any atom is -0.338 e. The second-order valence-corrected chi connectivity index (χ2v) is 6.66. The molecule has 1 amide bonds. The van der Waals surface area contributed by atoms with E-state index in [1.54, 1.807) is 12.1 Å². The van der Waals surface area contributed by atoms with Gasteiger partial charge in [-0.25, -0.2) is 4.39 Å². The molecule has 0 radical (unpaired) electrons. The Morgan fingerprint density at radius 1 is 1.00 bits per heavy atom. The van der Waals surface area contributed by atoms with Crippen LogP contribution in [0.5, 0.6) is 0 Å². The second kappa shape index (κ2) is 8.26. The number of carbonyl (C=O) groups excluding carboxylic acids is 1. The van der Waals surface area contributed by atoms with Gasteiger partial charge in [-0.2, -0.15) is 0 Å². The number of benzene rings is 2. The lowest BCUT2D eigenvalue weighted by Crippen LogP contribution is -2.40. The minimum absolute atomic E-state index is 0.153. The van der Waals surface area contributed by atoms with E-state index in [0.29, 0.717) is 32.2 Å². The van der Waals surface area contributed by atoms with Crippen LogP contribution >= 0.6 is 0 Å². The highest BCUT2D eigenvalue weighted by molar-refractivity contribution is 5.78. The predicted octanol–water partition coefficient (Wildman–Crippen LogP) is 3.84. The zero-order chi connectivity index (χ0) is 17.6. The zero-order valence-electron chi connectivity index (χ0n) is 14.7. The molecule has 0 atom stereocenters. The second-order valence-electron chi connectivity index (χ2n) is 6.66. The first kappa shape index (κ1) is 17.6. The lowest BCUT2D eigenvalue weighted by Gasteiger charge is -2.27. The summed E-state index contributed by atoms with van der Waals surface area (Å²) in [5.74, 6) is -0.0711. The van der Waals surface area contributed by atoms with Crippen molar-refractivity contribution in [1.82, 2.24) is 9.80 Å². The molecule has 0 N–H and O–H groups in total. The summed E-state index contributed by atoms with van der Waals surface area (Å²) < 4.78 is 13.1. The summed E-state index contributed by atoms with van der Waals surface area (Å²) in [4.78, 5) is 16.9. The maximum absolute atomic E-state index is 13.1. The zero-order valence-corrected chi connectivity index (χ0v) is 14.7. The lowest BCUT2D eigenvalue weighted by molar-refractivity contribution is -0.133. The minimum atomic E-state index is -0.224. The normalized spacial score (nSPS) is 13.9. The third-order valence-corrected chi connectivity index (χ3v) is 4.65. The molecule has 0 unspecified atom stereocenters. The van der Waals surface area contributed by atoms with Gasteiger partial charge in [-0.1, -0.05) is 42.5 Å². The topological polar surface area (TPSA) is 23.6 Å². The van der Waals surface area contributed by atoms with E-state index in [1.165, 1.54) is 12.1 Å². The number of nitrogens with zero attached hydrogens (tertiary/aromatic N) is 2. The van der Waals surface area contributed by atoms with Gasteiger partial charge >= 0.3 is 0 Å². The van der Waals surface area contributed by atoms with Crippen LogP contribution in [0.1, 0.15) is 30.9 Å². The summed E-state index contributed by atoms with van der Waals surface area (Å²) in [6.07, 6.45) is 2.28. The molecule has 1 aliphatic carbocycles. The van der Waals surface area contributed by atoms with E-state index in [9.17, 15) is 9.18 Å². The lowest BCUT2D eigenvalue weighted by atomic mass is 10.2. The van der Waals surface area contributed by atoms with E-state index in [4.69, 9.17) is 0 Å². The number of amides is 1. The Labute approximate surface area is 149 Å². The SMILES string of the molecule is CCN(Cc1ccccc1)C(=O)CN(Cc1ccc(F)cc1)C1CC1. The molecule has 25 heavy (non-hydrogen) atoms. The van der Waals surface area contributed by atoms with E-state index >= 15 is 0 Å². The van der Waals surface area contributed by atoms with Gasteiger partial charge in [0.1, 0.15) is 5.82 Å². The number of hydrogen-bond donors (Lipinski definition) is 0. The van der Waals surface area contributed by atoms with Crippen molar-refractivity contribution in [2.24, 2.45) is 0 Å². The van der Waals surface area contributed by atoms with Crippen LogP contribution in [0.15, 0.2) is 54.6 Å². The van der Waals surface area contributed by atoms with Gasteiger partial charge in [-0.05, 0) is 43.0 Å². The van der Waals surface area contributed by atoms with Gasteiger partial charge in [0.2, 0.25) is 5.91 Å². The summed E-state index contributed by atoms with van der Waals surface area (Å²) in [6, 6.07) is 17.1. The highest BCUT2D eigenvalue weighted by Gasteiger charge is 2.31. The Morgan fingerprint density at radius 3 is 2.24 bits per heavy atom. The van der Waals surface area contributed by atoms with Gasteiger partial charge in [0.25, 0.3) is 0 Å². The van der Waals surface area contributed by atoms with Gasteiger partial charge in [0, 0.05) is 25.7 Å². The highest BCUT2D eigenvalue weighted by Crippen LogP contribution is 2.28. The smallest absolute Gasteiger partial charge is 0.237 e. The number of rotatable bonds is 8. The molecule has 1 saturated carbocycles. The van der Waals surface area contributed by atoms with Gasteiger partial charge in [0.05, 0.1) is 6.54 Å². The molecule has 0 aromatic heterocycles. The van der Waals surface area contributed by atoms with Crippen molar-refractivity contribution in [1.29, 1.82) is 0 Å². The van der Waals surface area contributed by atoms with Crippen molar-refractivity contribution in [3.05, 3.63) is 71.5 Å². The number of halogens is 1. The van der Waals surface area contributed by atoms with Crippen molar-refractivity contribution in [3.63, 3.8) is 0 Å². The fraction of sp³-hybridized carbons (Fsp3) is 0.381. The van der Waals surface area contributed by atoms with Gasteiger partial charge in [0.15, 0.2) is 0 Å². The van der Waals surface area contributed by atoms with Crippen molar-refractivity contribution >= 4 is 5.91 Å². The molecular formula is C21H25FN2O. The van der Waals surface area contributed by atoms with Crippen molar-refractivity contribution in [3.8, 4) is 0 Å². The fourth-order valence-corrected chi connectivity index (χ4v) is 3.03. The molecule has 1 aliphatic rings. The first-order chi connectivity index (χ1) is 12.2. The Kier molecular flexibility index (Phi) is 5.82. The Bertz CT molecular complexity index is 683. The van der Waals surface area contributed by atoms with Crippen LogP contribution in [-0.2, 0) is 17.9 Å². The number of likely N-dealkylation sites (N-methyl/N-ethyl adjacent to an activating group) is 1. The molecule has 132 valence electrons. The van der Waals surface area contributed by atoms with Crippen LogP contribution in [0.4, 0.5) is 4.39 Å². The maximum Gasteiger partial charge on any atom is 0.237 e. The van der Waals surface area contributed by atoms with Gasteiger partial charge in [-0.3, -0.25) is 9.69 Å². The van der Waals surface area contributed by atoms with Crippen LogP contribution < -0.4 is 0 Å². The van der Waals surface area contributed by atoms with Crippen LogP contribution in [0.3, 0.4) is 0 Å². The van der Waals surface area contributed by atoms with E-state index in [0.717, 1.165) is 24.0 Å². The van der Waals surface area contributed by atoms with E-state index in [1.807, 2.05) is 42.2 Å². The fourth-order valence-electron chi connectivity index (χ4n) is 3.03. The predicted molar refractivity (Wildman–Crippen MR) is 97.4 cm³/mol. The Balaban J connectivity index is 1.62. The monoisotopic (exact) mass is 340 g/mol. The van der Waals surface area contributed by atoms with Crippen molar-refractivity contribution in [2.75, 3.05) is 13.1 Å². The van der Waals surface area contributed by atoms with E-state index in [2.05, 4.69) is 4.90 Å². The average molecular weight is 340 g/mol. The van der Waals surface area contributed by atoms with Crippen LogP contribution in [0, 0.1) is 5.82 Å². The summed E-state index contributed by atoms with van der Waals surface area (Å²) in [5, 5.41) is 0. The number of hydrogen-bond acceptors (Lipinski definition) is 2. The van der Waals surface area contributed by atoms with Gasteiger partial charge in [-0.15, -0.1) is 0 Å². The molecule has 4 heteroatoms. The summed E-state index contributed by atoms with van der Waals surface area (Å²) in [7, 11) is 0. The first-order valence-electron chi connectivity index (χ1n) is 8.96. The van der Waals surface area contributed by atoms with Crippen LogP contribution in [-0.4, -0.2) is 34.8 Å². The standard InChI is InChI=1S/C21H25FN2O/c1-2-23(14-17-6-4-3-5-7-17)21(25)16-24(20-12-13-20)15-18-8-10-19(22)11-9-18/h3-11,20H,2,12-16H2,1H3. The van der Waals surface area contributed by atoms with Gasteiger partial charge < -0.3 is 4.90 Å². The van der Waals surface area contributed by atoms with Crippen LogP contribution in [0.25, 0.3) is 0 Å². The Morgan fingerprint density at radius 2 is 1.64 bits per heavy atom. The third-order valence-electron chi connectivity index (χ3n) is 4.65. The molecule has 3 nitrogen and oxygen atoms in total. The largest absolute Gasteiger partial charge is 0.338 e. The summed E-state index contributed by atoms with van der Waals surface area (Å²) >= 11 is 0. The summed E-state index contributed by atoms with van der Waals surface area (Å²) in [5.41, 5.74) is 2.20. The average Bonchev–Trinajstić information content (AvgIpc) is 3.47. The van der Waals surface area contributed by atoms with E-state index in [-0.39, 0.29) is 11.7 Å². The molecule has 0 aliphatic heterocycles. The van der Waals surface area contributed by atoms with Crippen LogP contribution in [0.2, 0.25) is 0 Å². The van der Waals surface area contributed by atoms with Crippen molar-refractivity contribution in [2.45, 2.75) is 38.9 Å². The molecular weight excluding hydrogens is 315 g/mol. The molecule has 0 heterocycles. The van der Waals surface area contributed by atoms with Crippen molar-refractivity contribution < 1.29 is 9.18 Å². The first-order valence-corrected chi connectivity index (χ1v) is 8.96. The molecule has 2 aromatic carbocycles. The molecule has 3 rings (SSSR count).